The Morgan fingerprint density at radius 2 is 1.83 bits per heavy atom. The molecule has 0 saturated carbocycles. The van der Waals surface area contributed by atoms with Crippen LogP contribution < -0.4 is 5.32 Å². The van der Waals surface area contributed by atoms with E-state index in [2.05, 4.69) is 22.2 Å². The molecule has 0 bridgehead atoms. The van der Waals surface area contributed by atoms with Crippen LogP contribution in [-0.2, 0) is 26.1 Å². The average molecular weight is 343 g/mol. The number of esters is 1. The van der Waals surface area contributed by atoms with Crippen LogP contribution in [0, 0.1) is 0 Å². The fourth-order valence-electron chi connectivity index (χ4n) is 2.25. The van der Waals surface area contributed by atoms with Gasteiger partial charge in [-0.2, -0.15) is 8.42 Å². The first-order chi connectivity index (χ1) is 10.9. The minimum Gasteiger partial charge on any atom is -0.468 e. The molecule has 130 valence electrons. The van der Waals surface area contributed by atoms with Crippen molar-refractivity contribution in [2.45, 2.75) is 37.4 Å². The lowest BCUT2D eigenvalue weighted by Crippen LogP contribution is -2.40. The van der Waals surface area contributed by atoms with Crippen molar-refractivity contribution in [3.8, 4) is 0 Å². The third-order valence-electron chi connectivity index (χ3n) is 3.57. The summed E-state index contributed by atoms with van der Waals surface area (Å²) in [5.74, 6) is -0.956. The fraction of sp³-hybridized carbons (Fsp3) is 0.562. The molecule has 0 aliphatic heterocycles. The molecule has 0 spiro atoms. The van der Waals surface area contributed by atoms with Crippen molar-refractivity contribution < 1.29 is 22.5 Å². The maximum Gasteiger partial charge on any atom is 0.327 e. The van der Waals surface area contributed by atoms with E-state index in [0.717, 1.165) is 39.2 Å². The van der Waals surface area contributed by atoms with Crippen LogP contribution in [-0.4, -0.2) is 44.4 Å². The summed E-state index contributed by atoms with van der Waals surface area (Å²) < 4.78 is 35.5. The Labute approximate surface area is 138 Å². The first-order valence-corrected chi connectivity index (χ1v) is 9.24. The summed E-state index contributed by atoms with van der Waals surface area (Å²) in [5, 5.41) is 1.31. The van der Waals surface area contributed by atoms with Crippen molar-refractivity contribution in [3.05, 3.63) is 35.9 Å². The molecule has 0 amide bonds. The first kappa shape index (κ1) is 19.6. The highest BCUT2D eigenvalue weighted by Crippen LogP contribution is 2.07. The van der Waals surface area contributed by atoms with Crippen molar-refractivity contribution in [1.29, 1.82) is 0 Å². The summed E-state index contributed by atoms with van der Waals surface area (Å²) in [6, 6.07) is 10.3. The molecular formula is C16H25NO5S. The number of methoxy groups -OCH3 is 1. The maximum atomic E-state index is 11.3. The molecule has 23 heavy (non-hydrogen) atoms. The van der Waals surface area contributed by atoms with Gasteiger partial charge < -0.3 is 10.1 Å². The fourth-order valence-corrected chi connectivity index (χ4v) is 2.92. The van der Waals surface area contributed by atoms with Gasteiger partial charge >= 0.3 is 5.97 Å². The van der Waals surface area contributed by atoms with Crippen molar-refractivity contribution in [1.82, 2.24) is 5.32 Å². The molecule has 0 radical (unpaired) electrons. The number of nitrogens with one attached hydrogen (secondary N) is 1. The number of aryl methyl sites for hydroxylation is 1. The van der Waals surface area contributed by atoms with Crippen LogP contribution in [0.1, 0.15) is 31.2 Å². The van der Waals surface area contributed by atoms with E-state index in [4.69, 9.17) is 4.55 Å². The van der Waals surface area contributed by atoms with Gasteiger partial charge in [0.15, 0.2) is 5.25 Å². The number of rotatable bonds is 11. The van der Waals surface area contributed by atoms with Crippen molar-refractivity contribution in [3.63, 3.8) is 0 Å². The quantitative estimate of drug-likeness (QED) is 0.362. The molecule has 0 saturated heterocycles. The third-order valence-corrected chi connectivity index (χ3v) is 4.64. The lowest BCUT2D eigenvalue weighted by molar-refractivity contribution is -0.140. The monoisotopic (exact) mass is 343 g/mol. The summed E-state index contributed by atoms with van der Waals surface area (Å²) in [5.41, 5.74) is 1.33. The summed E-state index contributed by atoms with van der Waals surface area (Å²) in [6.07, 6.45) is 5.17. The Morgan fingerprint density at radius 1 is 1.17 bits per heavy atom. The van der Waals surface area contributed by atoms with E-state index in [0.29, 0.717) is 6.54 Å². The minimum absolute atomic E-state index is 0.143. The lowest BCUT2D eigenvalue weighted by atomic mass is 10.1. The van der Waals surface area contributed by atoms with Gasteiger partial charge in [0.2, 0.25) is 0 Å². The van der Waals surface area contributed by atoms with Gasteiger partial charge in [-0.1, -0.05) is 43.2 Å². The molecule has 0 aliphatic carbocycles. The molecule has 1 aromatic carbocycles. The van der Waals surface area contributed by atoms with E-state index in [9.17, 15) is 13.2 Å². The molecule has 2 N–H and O–H groups in total. The highest BCUT2D eigenvalue weighted by Gasteiger charge is 2.31. The van der Waals surface area contributed by atoms with Crippen LogP contribution in [0.5, 0.6) is 0 Å². The molecule has 0 aliphatic rings. The molecule has 7 heteroatoms. The molecule has 1 rings (SSSR count). The number of hydrogen-bond donors (Lipinski definition) is 2. The molecule has 1 unspecified atom stereocenters. The van der Waals surface area contributed by atoms with Crippen LogP contribution in [0.25, 0.3) is 0 Å². The minimum atomic E-state index is -4.45. The molecule has 6 nitrogen and oxygen atoms in total. The van der Waals surface area contributed by atoms with E-state index in [-0.39, 0.29) is 6.54 Å². The summed E-state index contributed by atoms with van der Waals surface area (Å²) in [7, 11) is -3.35. The van der Waals surface area contributed by atoms with Crippen LogP contribution in [0.15, 0.2) is 30.3 Å². The Bertz CT molecular complexity index is 559. The predicted octanol–water partition coefficient (Wildman–Crippen LogP) is 1.81. The van der Waals surface area contributed by atoms with Gasteiger partial charge in [-0.05, 0) is 31.4 Å². The van der Waals surface area contributed by atoms with E-state index in [1.165, 1.54) is 5.56 Å². The Balaban J connectivity index is 2.11. The zero-order chi connectivity index (χ0) is 17.1. The van der Waals surface area contributed by atoms with Crippen molar-refractivity contribution in [2.75, 3.05) is 20.2 Å². The number of unbranched alkanes of at least 4 members (excludes halogenated alkanes) is 3. The van der Waals surface area contributed by atoms with Gasteiger partial charge in [-0.15, -0.1) is 0 Å². The normalized spacial score (nSPS) is 12.8. The van der Waals surface area contributed by atoms with Crippen LogP contribution in [0.4, 0.5) is 0 Å². The standard InChI is InChI=1S/C16H25NO5S/c1-22-16(18)15(23(19,20)21)13-17-12-8-3-2-5-9-14-10-6-4-7-11-14/h4,6-7,10-11,15,17H,2-3,5,8-9,12-13H2,1H3,(H,19,20,21). The van der Waals surface area contributed by atoms with Crippen molar-refractivity contribution in [2.24, 2.45) is 0 Å². The van der Waals surface area contributed by atoms with E-state index < -0.39 is 21.3 Å². The average Bonchev–Trinajstić information content (AvgIpc) is 2.52. The maximum absolute atomic E-state index is 11.3. The van der Waals surface area contributed by atoms with Gasteiger partial charge in [0, 0.05) is 6.54 Å². The van der Waals surface area contributed by atoms with E-state index >= 15 is 0 Å². The van der Waals surface area contributed by atoms with Crippen LogP contribution in [0.2, 0.25) is 0 Å². The largest absolute Gasteiger partial charge is 0.468 e. The number of benzene rings is 1. The SMILES string of the molecule is COC(=O)C(CNCCCCCCc1ccccc1)S(=O)(=O)O. The van der Waals surface area contributed by atoms with Gasteiger partial charge in [-0.25, -0.2) is 0 Å². The predicted molar refractivity (Wildman–Crippen MR) is 88.8 cm³/mol. The van der Waals surface area contributed by atoms with Gasteiger partial charge in [0.05, 0.1) is 7.11 Å². The highest BCUT2D eigenvalue weighted by atomic mass is 32.2. The Kier molecular flexibility index (Phi) is 8.83. The zero-order valence-electron chi connectivity index (χ0n) is 13.4. The third kappa shape index (κ3) is 8.11. The Hall–Kier alpha value is -1.44. The first-order valence-electron chi connectivity index (χ1n) is 7.74. The molecule has 1 aromatic rings. The van der Waals surface area contributed by atoms with E-state index in [1.807, 2.05) is 18.2 Å². The van der Waals surface area contributed by atoms with Crippen LogP contribution >= 0.6 is 0 Å². The molecule has 0 aromatic heterocycles. The lowest BCUT2D eigenvalue weighted by Gasteiger charge is -2.12. The Morgan fingerprint density at radius 3 is 2.43 bits per heavy atom. The smallest absolute Gasteiger partial charge is 0.327 e. The van der Waals surface area contributed by atoms with Gasteiger partial charge in [0.25, 0.3) is 10.1 Å². The van der Waals surface area contributed by atoms with E-state index in [1.54, 1.807) is 0 Å². The number of ether oxygens (including phenoxy) is 1. The molecule has 0 fully saturated rings. The molecular weight excluding hydrogens is 318 g/mol. The van der Waals surface area contributed by atoms with Gasteiger partial charge in [-0.3, -0.25) is 9.35 Å². The summed E-state index contributed by atoms with van der Waals surface area (Å²) >= 11 is 0. The molecule has 1 atom stereocenters. The van der Waals surface area contributed by atoms with Crippen LogP contribution in [0.3, 0.4) is 0 Å². The number of carbonyl (C=O) groups excluding carboxylic acids is 1. The molecule has 0 heterocycles. The summed E-state index contributed by atoms with van der Waals surface area (Å²) in [4.78, 5) is 11.3. The van der Waals surface area contributed by atoms with Gasteiger partial charge in [0.1, 0.15) is 0 Å². The topological polar surface area (TPSA) is 92.7 Å². The number of hydrogen-bond acceptors (Lipinski definition) is 5. The highest BCUT2D eigenvalue weighted by molar-refractivity contribution is 7.87. The van der Waals surface area contributed by atoms with Crippen molar-refractivity contribution >= 4 is 16.1 Å². The number of carbonyl (C=O) groups is 1. The second kappa shape index (κ2) is 10.4. The zero-order valence-corrected chi connectivity index (χ0v) is 14.2. The summed E-state index contributed by atoms with van der Waals surface area (Å²) in [6.45, 7) is 0.448. The second-order valence-electron chi connectivity index (χ2n) is 5.38. The second-order valence-corrected chi connectivity index (χ2v) is 6.98.